The van der Waals surface area contributed by atoms with Crippen LogP contribution in [0.4, 0.5) is 0 Å². The molecule has 0 saturated heterocycles. The number of thiazole rings is 1. The van der Waals surface area contributed by atoms with Crippen molar-refractivity contribution in [2.75, 3.05) is 7.11 Å². The van der Waals surface area contributed by atoms with Gasteiger partial charge in [0.25, 0.3) is 0 Å². The molecule has 3 nitrogen and oxygen atoms in total. The summed E-state index contributed by atoms with van der Waals surface area (Å²) in [4.78, 5) is 5.75. The maximum atomic E-state index is 5.44. The summed E-state index contributed by atoms with van der Waals surface area (Å²) in [5.74, 6) is 0.912. The summed E-state index contributed by atoms with van der Waals surface area (Å²) in [6.07, 6.45) is 10.1. The number of benzene rings is 1. The van der Waals surface area contributed by atoms with Gasteiger partial charge in [0.05, 0.1) is 12.0 Å². The van der Waals surface area contributed by atoms with Crippen LogP contribution in [0.5, 0.6) is 5.75 Å². The van der Waals surface area contributed by atoms with Gasteiger partial charge < -0.3 is 10.1 Å². The number of para-hydroxylation sites is 1. The highest BCUT2D eigenvalue weighted by atomic mass is 32.1. The summed E-state index contributed by atoms with van der Waals surface area (Å²) in [6.45, 7) is 0.879. The van der Waals surface area contributed by atoms with Crippen molar-refractivity contribution in [2.45, 2.75) is 51.1 Å². The van der Waals surface area contributed by atoms with E-state index >= 15 is 0 Å². The van der Waals surface area contributed by atoms with Crippen LogP contribution in [0.2, 0.25) is 0 Å². The van der Waals surface area contributed by atoms with Crippen molar-refractivity contribution in [2.24, 2.45) is 0 Å². The molecule has 118 valence electrons. The van der Waals surface area contributed by atoms with Gasteiger partial charge in [-0.05, 0) is 25.0 Å². The Labute approximate surface area is 136 Å². The second-order valence-corrected chi connectivity index (χ2v) is 7.00. The van der Waals surface area contributed by atoms with Gasteiger partial charge in [-0.15, -0.1) is 11.3 Å². The first-order chi connectivity index (χ1) is 10.9. The van der Waals surface area contributed by atoms with Crippen LogP contribution in [0, 0.1) is 0 Å². The molecule has 1 saturated carbocycles. The summed E-state index contributed by atoms with van der Waals surface area (Å²) in [5.41, 5.74) is 1.13. The van der Waals surface area contributed by atoms with Gasteiger partial charge in [-0.2, -0.15) is 0 Å². The number of hydrogen-bond acceptors (Lipinski definition) is 4. The molecule has 1 aliphatic carbocycles. The monoisotopic (exact) mass is 316 g/mol. The number of ether oxygens (including phenoxy) is 1. The number of methoxy groups -OCH3 is 1. The van der Waals surface area contributed by atoms with Crippen LogP contribution < -0.4 is 10.1 Å². The average molecular weight is 316 g/mol. The van der Waals surface area contributed by atoms with E-state index in [1.54, 1.807) is 18.4 Å². The SMILES string of the molecule is COc1ccccc1-c1cnc(CNC2CCCCCC2)s1. The van der Waals surface area contributed by atoms with E-state index in [2.05, 4.69) is 16.4 Å². The van der Waals surface area contributed by atoms with Crippen LogP contribution in [0.15, 0.2) is 30.5 Å². The lowest BCUT2D eigenvalue weighted by Gasteiger charge is -2.14. The lowest BCUT2D eigenvalue weighted by Crippen LogP contribution is -2.27. The molecular formula is C18H24N2OS. The summed E-state index contributed by atoms with van der Waals surface area (Å²) < 4.78 is 5.44. The van der Waals surface area contributed by atoms with Crippen molar-refractivity contribution in [3.05, 3.63) is 35.5 Å². The fourth-order valence-electron chi connectivity index (χ4n) is 3.08. The lowest BCUT2D eigenvalue weighted by molar-refractivity contribution is 0.416. The molecule has 22 heavy (non-hydrogen) atoms. The molecule has 1 heterocycles. The highest BCUT2D eigenvalue weighted by Gasteiger charge is 2.13. The Hall–Kier alpha value is -1.39. The van der Waals surface area contributed by atoms with E-state index in [0.717, 1.165) is 22.9 Å². The van der Waals surface area contributed by atoms with Gasteiger partial charge in [0.1, 0.15) is 10.8 Å². The Morgan fingerprint density at radius 1 is 1.18 bits per heavy atom. The highest BCUT2D eigenvalue weighted by Crippen LogP contribution is 2.33. The zero-order valence-electron chi connectivity index (χ0n) is 13.2. The number of hydrogen-bond donors (Lipinski definition) is 1. The fraction of sp³-hybridized carbons (Fsp3) is 0.500. The van der Waals surface area contributed by atoms with E-state index in [0.29, 0.717) is 6.04 Å². The molecule has 0 spiro atoms. The fourth-order valence-corrected chi connectivity index (χ4v) is 3.98. The molecule has 0 amide bonds. The summed E-state index contributed by atoms with van der Waals surface area (Å²) in [7, 11) is 1.72. The zero-order valence-corrected chi connectivity index (χ0v) is 14.0. The Morgan fingerprint density at radius 3 is 2.73 bits per heavy atom. The van der Waals surface area contributed by atoms with Crippen LogP contribution in [0.25, 0.3) is 10.4 Å². The Morgan fingerprint density at radius 2 is 1.95 bits per heavy atom. The van der Waals surface area contributed by atoms with E-state index in [4.69, 9.17) is 4.74 Å². The second kappa shape index (κ2) is 7.75. The van der Waals surface area contributed by atoms with Gasteiger partial charge in [0.15, 0.2) is 0 Å². The molecule has 0 radical (unpaired) electrons. The molecule has 0 unspecified atom stereocenters. The lowest BCUT2D eigenvalue weighted by atomic mass is 10.1. The van der Waals surface area contributed by atoms with Gasteiger partial charge >= 0.3 is 0 Å². The number of nitrogens with zero attached hydrogens (tertiary/aromatic N) is 1. The maximum Gasteiger partial charge on any atom is 0.127 e. The smallest absolute Gasteiger partial charge is 0.127 e. The average Bonchev–Trinajstić information content (AvgIpc) is 2.88. The number of rotatable bonds is 5. The van der Waals surface area contributed by atoms with E-state index in [-0.39, 0.29) is 0 Å². The maximum absolute atomic E-state index is 5.44. The minimum absolute atomic E-state index is 0.668. The Balaban J connectivity index is 1.63. The largest absolute Gasteiger partial charge is 0.496 e. The third-order valence-corrected chi connectivity index (χ3v) is 5.35. The second-order valence-electron chi connectivity index (χ2n) is 5.89. The molecule has 1 aliphatic rings. The van der Waals surface area contributed by atoms with Crippen LogP contribution in [-0.2, 0) is 6.54 Å². The molecule has 3 rings (SSSR count). The highest BCUT2D eigenvalue weighted by molar-refractivity contribution is 7.15. The van der Waals surface area contributed by atoms with Crippen LogP contribution in [0.1, 0.15) is 43.5 Å². The molecule has 1 fully saturated rings. The standard InChI is InChI=1S/C18H24N2OS/c1-21-16-11-7-6-10-15(16)17-12-20-18(22-17)13-19-14-8-4-2-3-5-9-14/h6-7,10-12,14,19H,2-5,8-9,13H2,1H3. The zero-order chi connectivity index (χ0) is 15.2. The van der Waals surface area contributed by atoms with Gasteiger partial charge in [-0.1, -0.05) is 37.8 Å². The Bertz CT molecular complexity index is 588. The van der Waals surface area contributed by atoms with Crippen LogP contribution >= 0.6 is 11.3 Å². The predicted molar refractivity (Wildman–Crippen MR) is 92.4 cm³/mol. The minimum atomic E-state index is 0.668. The van der Waals surface area contributed by atoms with E-state index in [1.807, 2.05) is 24.4 Å². The minimum Gasteiger partial charge on any atom is -0.496 e. The molecule has 1 aromatic carbocycles. The van der Waals surface area contributed by atoms with E-state index < -0.39 is 0 Å². The van der Waals surface area contributed by atoms with Gasteiger partial charge in [-0.25, -0.2) is 4.98 Å². The van der Waals surface area contributed by atoms with Gasteiger partial charge in [0.2, 0.25) is 0 Å². The third kappa shape index (κ3) is 3.87. The first-order valence-electron chi connectivity index (χ1n) is 8.18. The number of aromatic nitrogens is 1. The Kier molecular flexibility index (Phi) is 5.46. The van der Waals surface area contributed by atoms with Crippen molar-refractivity contribution in [1.82, 2.24) is 10.3 Å². The first-order valence-corrected chi connectivity index (χ1v) is 9.00. The summed E-state index contributed by atoms with van der Waals surface area (Å²) in [6, 6.07) is 8.80. The molecule has 4 heteroatoms. The molecule has 0 aliphatic heterocycles. The van der Waals surface area contributed by atoms with Crippen LogP contribution in [-0.4, -0.2) is 18.1 Å². The van der Waals surface area contributed by atoms with Crippen molar-refractivity contribution in [1.29, 1.82) is 0 Å². The van der Waals surface area contributed by atoms with Crippen molar-refractivity contribution < 1.29 is 4.74 Å². The topological polar surface area (TPSA) is 34.1 Å². The van der Waals surface area contributed by atoms with Crippen LogP contribution in [0.3, 0.4) is 0 Å². The first kappa shape index (κ1) is 15.5. The molecule has 1 aromatic heterocycles. The molecule has 1 N–H and O–H groups in total. The van der Waals surface area contributed by atoms with Gasteiger partial charge in [-0.3, -0.25) is 0 Å². The molecular weight excluding hydrogens is 292 g/mol. The quantitative estimate of drug-likeness (QED) is 0.817. The summed E-state index contributed by atoms with van der Waals surface area (Å²) in [5, 5.41) is 4.85. The van der Waals surface area contributed by atoms with E-state index in [1.165, 1.54) is 43.4 Å². The molecule has 0 bridgehead atoms. The molecule has 2 aromatic rings. The summed E-state index contributed by atoms with van der Waals surface area (Å²) >= 11 is 1.76. The predicted octanol–water partition coefficient (Wildman–Crippen LogP) is 4.63. The van der Waals surface area contributed by atoms with Crippen molar-refractivity contribution >= 4 is 11.3 Å². The molecule has 0 atom stereocenters. The van der Waals surface area contributed by atoms with Gasteiger partial charge in [0, 0.05) is 24.3 Å². The normalized spacial score (nSPS) is 16.4. The number of nitrogens with one attached hydrogen (secondary N) is 1. The van der Waals surface area contributed by atoms with E-state index in [9.17, 15) is 0 Å². The van der Waals surface area contributed by atoms with Crippen molar-refractivity contribution in [3.8, 4) is 16.2 Å². The third-order valence-electron chi connectivity index (χ3n) is 4.32. The van der Waals surface area contributed by atoms with Crippen molar-refractivity contribution in [3.63, 3.8) is 0 Å².